The SMILES string of the molecule is C=CCC(C)(C(=O)OCC)c1cc(Cl)cc(Cl)c1. The molecule has 0 amide bonds. The Morgan fingerprint density at radius 1 is 1.39 bits per heavy atom. The molecule has 0 bridgehead atoms. The third kappa shape index (κ3) is 3.27. The highest BCUT2D eigenvalue weighted by Crippen LogP contribution is 2.33. The molecule has 0 aromatic heterocycles. The molecule has 0 saturated carbocycles. The fraction of sp³-hybridized carbons (Fsp3) is 0.357. The summed E-state index contributed by atoms with van der Waals surface area (Å²) in [5.41, 5.74) is -0.0786. The second-order valence-corrected chi connectivity index (χ2v) is 5.08. The predicted molar refractivity (Wildman–Crippen MR) is 75.3 cm³/mol. The van der Waals surface area contributed by atoms with E-state index in [-0.39, 0.29) is 5.97 Å². The summed E-state index contributed by atoms with van der Waals surface area (Å²) in [4.78, 5) is 12.1. The number of esters is 1. The number of benzene rings is 1. The molecule has 1 atom stereocenters. The minimum atomic E-state index is -0.813. The van der Waals surface area contributed by atoms with Crippen LogP contribution >= 0.6 is 23.2 Å². The number of allylic oxidation sites excluding steroid dienone is 1. The summed E-state index contributed by atoms with van der Waals surface area (Å²) in [6.07, 6.45) is 2.15. The molecule has 18 heavy (non-hydrogen) atoms. The van der Waals surface area contributed by atoms with E-state index in [0.717, 1.165) is 5.56 Å². The summed E-state index contributed by atoms with van der Waals surface area (Å²) < 4.78 is 5.12. The van der Waals surface area contributed by atoms with Crippen molar-refractivity contribution in [2.24, 2.45) is 0 Å². The molecule has 0 fully saturated rings. The van der Waals surface area contributed by atoms with E-state index >= 15 is 0 Å². The highest BCUT2D eigenvalue weighted by molar-refractivity contribution is 6.34. The second kappa shape index (κ2) is 6.26. The Morgan fingerprint density at radius 2 is 1.94 bits per heavy atom. The molecule has 0 aliphatic rings. The lowest BCUT2D eigenvalue weighted by atomic mass is 9.79. The van der Waals surface area contributed by atoms with Crippen LogP contribution in [0.3, 0.4) is 0 Å². The first kappa shape index (κ1) is 15.1. The number of ether oxygens (including phenoxy) is 1. The molecule has 1 aromatic rings. The molecular weight excluding hydrogens is 271 g/mol. The van der Waals surface area contributed by atoms with Gasteiger partial charge in [-0.25, -0.2) is 0 Å². The van der Waals surface area contributed by atoms with E-state index in [1.54, 1.807) is 38.1 Å². The van der Waals surface area contributed by atoms with Crippen molar-refractivity contribution in [2.45, 2.75) is 25.7 Å². The average molecular weight is 287 g/mol. The Balaban J connectivity index is 3.25. The van der Waals surface area contributed by atoms with Crippen LogP contribution in [0.5, 0.6) is 0 Å². The van der Waals surface area contributed by atoms with E-state index < -0.39 is 5.41 Å². The highest BCUT2D eigenvalue weighted by atomic mass is 35.5. The number of halogens is 2. The Kier molecular flexibility index (Phi) is 5.24. The fourth-order valence-electron chi connectivity index (χ4n) is 1.77. The van der Waals surface area contributed by atoms with Crippen LogP contribution in [0.1, 0.15) is 25.8 Å². The lowest BCUT2D eigenvalue weighted by Crippen LogP contribution is -2.34. The summed E-state index contributed by atoms with van der Waals surface area (Å²) in [6.45, 7) is 7.59. The van der Waals surface area contributed by atoms with Crippen LogP contribution in [-0.2, 0) is 14.9 Å². The molecule has 0 saturated heterocycles. The molecule has 4 heteroatoms. The van der Waals surface area contributed by atoms with Crippen molar-refractivity contribution in [1.82, 2.24) is 0 Å². The Labute approximate surface area is 118 Å². The van der Waals surface area contributed by atoms with E-state index in [1.165, 1.54) is 0 Å². The Hall–Kier alpha value is -0.990. The van der Waals surface area contributed by atoms with Crippen molar-refractivity contribution < 1.29 is 9.53 Å². The number of carbonyl (C=O) groups is 1. The van der Waals surface area contributed by atoms with E-state index in [4.69, 9.17) is 27.9 Å². The van der Waals surface area contributed by atoms with Gasteiger partial charge in [0.25, 0.3) is 0 Å². The van der Waals surface area contributed by atoms with Gasteiger partial charge < -0.3 is 4.74 Å². The van der Waals surface area contributed by atoms with Crippen molar-refractivity contribution in [3.05, 3.63) is 46.5 Å². The fourth-order valence-corrected chi connectivity index (χ4v) is 2.30. The third-order valence-corrected chi connectivity index (χ3v) is 3.21. The first-order chi connectivity index (χ1) is 8.43. The van der Waals surface area contributed by atoms with Crippen LogP contribution in [-0.4, -0.2) is 12.6 Å². The van der Waals surface area contributed by atoms with Gasteiger partial charge in [-0.2, -0.15) is 0 Å². The summed E-state index contributed by atoms with van der Waals surface area (Å²) >= 11 is 12.0. The number of hydrogen-bond acceptors (Lipinski definition) is 2. The molecule has 0 aliphatic carbocycles. The molecule has 1 unspecified atom stereocenters. The van der Waals surface area contributed by atoms with Gasteiger partial charge in [0.2, 0.25) is 0 Å². The maximum absolute atomic E-state index is 12.1. The molecule has 0 spiro atoms. The predicted octanol–water partition coefficient (Wildman–Crippen LogP) is 4.39. The number of hydrogen-bond donors (Lipinski definition) is 0. The van der Waals surface area contributed by atoms with Gasteiger partial charge in [0.05, 0.1) is 12.0 Å². The first-order valence-electron chi connectivity index (χ1n) is 5.68. The van der Waals surface area contributed by atoms with Gasteiger partial charge in [-0.05, 0) is 44.0 Å². The van der Waals surface area contributed by atoms with Crippen LogP contribution in [0.25, 0.3) is 0 Å². The quantitative estimate of drug-likeness (QED) is 0.593. The van der Waals surface area contributed by atoms with E-state index in [0.29, 0.717) is 23.1 Å². The molecule has 1 rings (SSSR count). The molecule has 0 N–H and O–H groups in total. The topological polar surface area (TPSA) is 26.3 Å². The highest BCUT2D eigenvalue weighted by Gasteiger charge is 2.36. The zero-order valence-corrected chi connectivity index (χ0v) is 12.0. The molecular formula is C14H16Cl2O2. The van der Waals surface area contributed by atoms with Crippen LogP contribution < -0.4 is 0 Å². The number of rotatable bonds is 5. The average Bonchev–Trinajstić information content (AvgIpc) is 2.28. The van der Waals surface area contributed by atoms with Gasteiger partial charge in [-0.1, -0.05) is 29.3 Å². The normalized spacial score (nSPS) is 13.8. The summed E-state index contributed by atoms with van der Waals surface area (Å²) in [5.74, 6) is -0.303. The van der Waals surface area contributed by atoms with E-state index in [2.05, 4.69) is 6.58 Å². The molecule has 0 aliphatic heterocycles. The van der Waals surface area contributed by atoms with Gasteiger partial charge in [0.15, 0.2) is 0 Å². The molecule has 98 valence electrons. The molecule has 2 nitrogen and oxygen atoms in total. The van der Waals surface area contributed by atoms with E-state index in [9.17, 15) is 4.79 Å². The first-order valence-corrected chi connectivity index (χ1v) is 6.44. The summed E-state index contributed by atoms with van der Waals surface area (Å²) in [6, 6.07) is 5.09. The van der Waals surface area contributed by atoms with Crippen LogP contribution in [0, 0.1) is 0 Å². The molecule has 0 heterocycles. The van der Waals surface area contributed by atoms with Crippen molar-refractivity contribution >= 4 is 29.2 Å². The van der Waals surface area contributed by atoms with Gasteiger partial charge in [0.1, 0.15) is 0 Å². The Morgan fingerprint density at radius 3 is 2.39 bits per heavy atom. The monoisotopic (exact) mass is 286 g/mol. The van der Waals surface area contributed by atoms with Gasteiger partial charge >= 0.3 is 5.97 Å². The van der Waals surface area contributed by atoms with Crippen molar-refractivity contribution in [1.29, 1.82) is 0 Å². The maximum Gasteiger partial charge on any atom is 0.316 e. The zero-order valence-electron chi connectivity index (χ0n) is 10.5. The van der Waals surface area contributed by atoms with Crippen molar-refractivity contribution in [2.75, 3.05) is 6.61 Å². The van der Waals surface area contributed by atoms with Crippen LogP contribution in [0.15, 0.2) is 30.9 Å². The van der Waals surface area contributed by atoms with Gasteiger partial charge in [-0.15, -0.1) is 6.58 Å². The minimum Gasteiger partial charge on any atom is -0.465 e. The van der Waals surface area contributed by atoms with Gasteiger partial charge in [0, 0.05) is 10.0 Å². The lowest BCUT2D eigenvalue weighted by molar-refractivity contribution is -0.149. The smallest absolute Gasteiger partial charge is 0.316 e. The maximum atomic E-state index is 12.1. The van der Waals surface area contributed by atoms with E-state index in [1.807, 2.05) is 0 Å². The largest absolute Gasteiger partial charge is 0.465 e. The molecule has 0 radical (unpaired) electrons. The molecule has 1 aromatic carbocycles. The second-order valence-electron chi connectivity index (χ2n) is 4.20. The van der Waals surface area contributed by atoms with Crippen molar-refractivity contribution in [3.8, 4) is 0 Å². The van der Waals surface area contributed by atoms with Crippen LogP contribution in [0.4, 0.5) is 0 Å². The number of carbonyl (C=O) groups excluding carboxylic acids is 1. The third-order valence-electron chi connectivity index (χ3n) is 2.78. The Bertz CT molecular complexity index is 437. The lowest BCUT2D eigenvalue weighted by Gasteiger charge is -2.26. The summed E-state index contributed by atoms with van der Waals surface area (Å²) in [5, 5.41) is 0.995. The van der Waals surface area contributed by atoms with Gasteiger partial charge in [-0.3, -0.25) is 4.79 Å². The zero-order chi connectivity index (χ0) is 13.8. The standard InChI is InChI=1S/C14H16Cl2O2/c1-4-6-14(3,13(17)18-5-2)10-7-11(15)9-12(16)8-10/h4,7-9H,1,5-6H2,2-3H3. The van der Waals surface area contributed by atoms with Crippen LogP contribution in [0.2, 0.25) is 10.0 Å². The minimum absolute atomic E-state index is 0.303. The van der Waals surface area contributed by atoms with Crippen molar-refractivity contribution in [3.63, 3.8) is 0 Å². The summed E-state index contributed by atoms with van der Waals surface area (Å²) in [7, 11) is 0.